The van der Waals surface area contributed by atoms with Crippen molar-refractivity contribution < 1.29 is 9.53 Å². The van der Waals surface area contributed by atoms with Crippen LogP contribution in [0.4, 0.5) is 11.4 Å². The molecule has 2 aromatic heterocycles. The SMILES string of the molecule is C[C@H](C(=O)Nc1ccc(N2CCOCC2)cc1)N1CCN(Cc2cc(=O)n3ccsc3n2)CC1. The molecule has 2 fully saturated rings. The fourth-order valence-electron chi connectivity index (χ4n) is 4.50. The second-order valence-corrected chi connectivity index (χ2v) is 9.64. The minimum Gasteiger partial charge on any atom is -0.378 e. The first-order chi connectivity index (χ1) is 16.6. The molecular weight excluding hydrogens is 452 g/mol. The average molecular weight is 483 g/mol. The molecule has 0 spiro atoms. The van der Waals surface area contributed by atoms with Crippen molar-refractivity contribution in [3.63, 3.8) is 0 Å². The Morgan fingerprint density at radius 3 is 2.59 bits per heavy atom. The number of benzene rings is 1. The molecular formula is C24H30N6O3S. The van der Waals surface area contributed by atoms with E-state index in [1.165, 1.54) is 11.3 Å². The predicted octanol–water partition coefficient (Wildman–Crippen LogP) is 1.74. The van der Waals surface area contributed by atoms with Gasteiger partial charge in [-0.05, 0) is 31.2 Å². The number of thiazole rings is 1. The summed E-state index contributed by atoms with van der Waals surface area (Å²) in [5.41, 5.74) is 2.73. The van der Waals surface area contributed by atoms with Gasteiger partial charge in [-0.2, -0.15) is 0 Å². The van der Waals surface area contributed by atoms with Gasteiger partial charge in [-0.1, -0.05) is 0 Å². The standard InChI is InChI=1S/C24H30N6O3S/c1-18(23(32)25-19-2-4-21(5-3-19)29-10-13-33-14-11-29)28-8-6-27(7-9-28)17-20-16-22(31)30-12-15-34-24(30)26-20/h2-5,12,15-16,18H,6-11,13-14,17H2,1H3,(H,25,32)/t18-/m1/s1. The highest BCUT2D eigenvalue weighted by atomic mass is 32.1. The van der Waals surface area contributed by atoms with Crippen LogP contribution in [0.1, 0.15) is 12.6 Å². The lowest BCUT2D eigenvalue weighted by Gasteiger charge is -2.37. The number of morpholine rings is 1. The Morgan fingerprint density at radius 1 is 1.12 bits per heavy atom. The normalized spacial score (nSPS) is 18.8. The first-order valence-corrected chi connectivity index (χ1v) is 12.6. The van der Waals surface area contributed by atoms with Crippen LogP contribution in [0.2, 0.25) is 0 Å². The summed E-state index contributed by atoms with van der Waals surface area (Å²) in [6.07, 6.45) is 1.75. The zero-order valence-corrected chi connectivity index (χ0v) is 20.2. The van der Waals surface area contributed by atoms with Crippen molar-refractivity contribution in [3.05, 3.63) is 58.0 Å². The maximum Gasteiger partial charge on any atom is 0.258 e. The summed E-state index contributed by atoms with van der Waals surface area (Å²) in [5.74, 6) is 0.00501. The minimum atomic E-state index is -0.216. The van der Waals surface area contributed by atoms with Crippen LogP contribution < -0.4 is 15.8 Å². The number of carbonyl (C=O) groups is 1. The number of hydrogen-bond donors (Lipinski definition) is 1. The first-order valence-electron chi connectivity index (χ1n) is 11.7. The van der Waals surface area contributed by atoms with Crippen LogP contribution >= 0.6 is 11.3 Å². The van der Waals surface area contributed by atoms with Crippen LogP contribution in [0.15, 0.2) is 46.7 Å². The number of piperazine rings is 1. The van der Waals surface area contributed by atoms with Gasteiger partial charge in [0.1, 0.15) is 0 Å². The molecule has 10 heteroatoms. The van der Waals surface area contributed by atoms with Crippen molar-refractivity contribution in [2.75, 3.05) is 62.7 Å². The van der Waals surface area contributed by atoms with E-state index in [2.05, 4.69) is 37.1 Å². The van der Waals surface area contributed by atoms with Crippen molar-refractivity contribution >= 4 is 33.6 Å². The quantitative estimate of drug-likeness (QED) is 0.573. The topological polar surface area (TPSA) is 82.4 Å². The van der Waals surface area contributed by atoms with Gasteiger partial charge in [-0.15, -0.1) is 11.3 Å². The second kappa shape index (κ2) is 10.2. The Hall–Kier alpha value is -2.79. The number of hydrogen-bond acceptors (Lipinski definition) is 8. The highest BCUT2D eigenvalue weighted by Gasteiger charge is 2.26. The van der Waals surface area contributed by atoms with Crippen LogP contribution in [-0.2, 0) is 16.1 Å². The molecule has 0 unspecified atom stereocenters. The molecule has 34 heavy (non-hydrogen) atoms. The summed E-state index contributed by atoms with van der Waals surface area (Å²) in [5, 5.41) is 4.93. The van der Waals surface area contributed by atoms with Gasteiger partial charge in [0.25, 0.3) is 5.56 Å². The molecule has 0 aliphatic carbocycles. The Morgan fingerprint density at radius 2 is 1.85 bits per heavy atom. The number of amides is 1. The number of fused-ring (bicyclic) bond motifs is 1. The predicted molar refractivity (Wildman–Crippen MR) is 134 cm³/mol. The lowest BCUT2D eigenvalue weighted by molar-refractivity contribution is -0.121. The number of aromatic nitrogens is 2. The summed E-state index contributed by atoms with van der Waals surface area (Å²) in [6, 6.07) is 9.44. The monoisotopic (exact) mass is 482 g/mol. The molecule has 4 heterocycles. The molecule has 5 rings (SSSR count). The van der Waals surface area contributed by atoms with Crippen molar-refractivity contribution in [1.29, 1.82) is 0 Å². The van der Waals surface area contributed by atoms with Gasteiger partial charge in [-0.3, -0.25) is 23.8 Å². The first kappa shape index (κ1) is 23.0. The largest absolute Gasteiger partial charge is 0.378 e. The number of anilines is 2. The molecule has 1 atom stereocenters. The number of nitrogens with one attached hydrogen (secondary N) is 1. The molecule has 0 saturated carbocycles. The van der Waals surface area contributed by atoms with Crippen molar-refractivity contribution in [1.82, 2.24) is 19.2 Å². The van der Waals surface area contributed by atoms with Gasteiger partial charge < -0.3 is 15.0 Å². The summed E-state index contributed by atoms with van der Waals surface area (Å²) in [4.78, 5) is 37.2. The fourth-order valence-corrected chi connectivity index (χ4v) is 5.23. The third-order valence-electron chi connectivity index (χ3n) is 6.59. The summed E-state index contributed by atoms with van der Waals surface area (Å²) in [6.45, 7) is 9.15. The second-order valence-electron chi connectivity index (χ2n) is 8.76. The van der Waals surface area contributed by atoms with Gasteiger partial charge in [-0.25, -0.2) is 4.98 Å². The summed E-state index contributed by atoms with van der Waals surface area (Å²) >= 11 is 1.47. The Kier molecular flexibility index (Phi) is 6.91. The number of carbonyl (C=O) groups excluding carboxylic acids is 1. The molecule has 9 nitrogen and oxygen atoms in total. The molecule has 1 amide bonds. The molecule has 2 aliphatic heterocycles. The van der Waals surface area contributed by atoms with Crippen molar-refractivity contribution in [2.45, 2.75) is 19.5 Å². The number of rotatable bonds is 6. The number of ether oxygens (including phenoxy) is 1. The molecule has 2 saturated heterocycles. The van der Waals surface area contributed by atoms with E-state index in [0.29, 0.717) is 6.54 Å². The third kappa shape index (κ3) is 5.15. The average Bonchev–Trinajstić information content (AvgIpc) is 3.34. The van der Waals surface area contributed by atoms with Gasteiger partial charge in [0.2, 0.25) is 5.91 Å². The van der Waals surface area contributed by atoms with Crippen LogP contribution in [-0.4, -0.2) is 83.6 Å². The molecule has 3 aromatic rings. The lowest BCUT2D eigenvalue weighted by atomic mass is 10.2. The van der Waals surface area contributed by atoms with Gasteiger partial charge in [0.15, 0.2) is 4.96 Å². The van der Waals surface area contributed by atoms with Crippen molar-refractivity contribution in [3.8, 4) is 0 Å². The molecule has 0 radical (unpaired) electrons. The van der Waals surface area contributed by atoms with E-state index >= 15 is 0 Å². The molecule has 2 aliphatic rings. The Labute approximate surface area is 202 Å². The number of nitrogens with zero attached hydrogens (tertiary/aromatic N) is 5. The molecule has 1 N–H and O–H groups in total. The molecule has 180 valence electrons. The zero-order valence-electron chi connectivity index (χ0n) is 19.4. The Balaban J connectivity index is 1.12. The van der Waals surface area contributed by atoms with E-state index in [0.717, 1.165) is 74.5 Å². The van der Waals surface area contributed by atoms with Crippen molar-refractivity contribution in [2.24, 2.45) is 0 Å². The third-order valence-corrected chi connectivity index (χ3v) is 7.34. The van der Waals surface area contributed by atoms with E-state index in [1.54, 1.807) is 16.7 Å². The summed E-state index contributed by atoms with van der Waals surface area (Å²) in [7, 11) is 0. The highest BCUT2D eigenvalue weighted by Crippen LogP contribution is 2.20. The Bertz CT molecular complexity index is 1180. The van der Waals surface area contributed by atoms with Crippen LogP contribution in [0.3, 0.4) is 0 Å². The van der Waals surface area contributed by atoms with E-state index in [-0.39, 0.29) is 17.5 Å². The maximum absolute atomic E-state index is 12.9. The van der Waals surface area contributed by atoms with E-state index < -0.39 is 0 Å². The smallest absolute Gasteiger partial charge is 0.258 e. The summed E-state index contributed by atoms with van der Waals surface area (Å²) < 4.78 is 6.98. The minimum absolute atomic E-state index is 0.00501. The van der Waals surface area contributed by atoms with Gasteiger partial charge >= 0.3 is 0 Å². The van der Waals surface area contributed by atoms with Gasteiger partial charge in [0.05, 0.1) is 24.9 Å². The maximum atomic E-state index is 12.9. The molecule has 1 aromatic carbocycles. The van der Waals surface area contributed by atoms with Crippen LogP contribution in [0.5, 0.6) is 0 Å². The van der Waals surface area contributed by atoms with E-state index in [1.807, 2.05) is 24.4 Å². The van der Waals surface area contributed by atoms with E-state index in [9.17, 15) is 9.59 Å². The zero-order chi connectivity index (χ0) is 23.5. The highest BCUT2D eigenvalue weighted by molar-refractivity contribution is 7.15. The van der Waals surface area contributed by atoms with E-state index in [4.69, 9.17) is 4.74 Å². The fraction of sp³-hybridized carbons (Fsp3) is 0.458. The molecule has 0 bridgehead atoms. The van der Waals surface area contributed by atoms with Crippen LogP contribution in [0, 0.1) is 0 Å². The van der Waals surface area contributed by atoms with Gasteiger partial charge in [0, 0.05) is 74.8 Å². The lowest BCUT2D eigenvalue weighted by Crippen LogP contribution is -2.52. The van der Waals surface area contributed by atoms with Crippen LogP contribution in [0.25, 0.3) is 4.96 Å².